The first kappa shape index (κ1) is 20.7. The summed E-state index contributed by atoms with van der Waals surface area (Å²) in [5.41, 5.74) is 1.59. The third-order valence-electron chi connectivity index (χ3n) is 4.39. The van der Waals surface area contributed by atoms with Gasteiger partial charge in [-0.2, -0.15) is 0 Å². The minimum Gasteiger partial charge on any atom is -0.491 e. The lowest BCUT2D eigenvalue weighted by Crippen LogP contribution is -2.23. The molecule has 28 heavy (non-hydrogen) atoms. The van der Waals surface area contributed by atoms with Gasteiger partial charge in [0.25, 0.3) is 5.91 Å². The lowest BCUT2D eigenvalue weighted by molar-refractivity contribution is 0.0677. The Morgan fingerprint density at radius 2 is 2.04 bits per heavy atom. The Bertz CT molecular complexity index is 786. The number of carbonyl (C=O) groups excluding carboxylic acids is 1. The molecule has 1 aliphatic heterocycles. The Balaban J connectivity index is 1.51. The molecule has 6 heteroatoms. The van der Waals surface area contributed by atoms with Gasteiger partial charge in [-0.3, -0.25) is 4.79 Å². The summed E-state index contributed by atoms with van der Waals surface area (Å²) in [5.74, 6) is 1.41. The SMILES string of the molecule is CC(C)Oc1ccc(CNC(=O)c2ccc(OCC3CCCO3)c(Br)c2)cc1. The van der Waals surface area contributed by atoms with Crippen molar-refractivity contribution in [3.05, 3.63) is 58.1 Å². The summed E-state index contributed by atoms with van der Waals surface area (Å²) in [5, 5.41) is 2.94. The van der Waals surface area contributed by atoms with Gasteiger partial charge in [-0.15, -0.1) is 0 Å². The van der Waals surface area contributed by atoms with E-state index < -0.39 is 0 Å². The highest BCUT2D eigenvalue weighted by Crippen LogP contribution is 2.27. The van der Waals surface area contributed by atoms with Crippen molar-refractivity contribution in [1.82, 2.24) is 5.32 Å². The van der Waals surface area contributed by atoms with Gasteiger partial charge >= 0.3 is 0 Å². The fraction of sp³-hybridized carbons (Fsp3) is 0.409. The molecule has 1 atom stereocenters. The van der Waals surface area contributed by atoms with Crippen LogP contribution >= 0.6 is 15.9 Å². The lowest BCUT2D eigenvalue weighted by atomic mass is 10.2. The summed E-state index contributed by atoms with van der Waals surface area (Å²) in [4.78, 5) is 12.4. The van der Waals surface area contributed by atoms with Crippen molar-refractivity contribution in [3.63, 3.8) is 0 Å². The average molecular weight is 448 g/mol. The Morgan fingerprint density at radius 3 is 2.68 bits per heavy atom. The van der Waals surface area contributed by atoms with Gasteiger partial charge in [0, 0.05) is 18.7 Å². The maximum absolute atomic E-state index is 12.4. The van der Waals surface area contributed by atoms with Gasteiger partial charge in [-0.05, 0) is 78.5 Å². The first-order valence-electron chi connectivity index (χ1n) is 9.59. The number of halogens is 1. The number of ether oxygens (including phenoxy) is 3. The quantitative estimate of drug-likeness (QED) is 0.635. The summed E-state index contributed by atoms with van der Waals surface area (Å²) in [7, 11) is 0. The second-order valence-electron chi connectivity index (χ2n) is 7.08. The van der Waals surface area contributed by atoms with E-state index in [0.29, 0.717) is 24.5 Å². The van der Waals surface area contributed by atoms with E-state index in [9.17, 15) is 4.79 Å². The van der Waals surface area contributed by atoms with Crippen molar-refractivity contribution in [2.75, 3.05) is 13.2 Å². The third kappa shape index (κ3) is 5.97. The molecule has 5 nitrogen and oxygen atoms in total. The van der Waals surface area contributed by atoms with E-state index in [-0.39, 0.29) is 18.1 Å². The van der Waals surface area contributed by atoms with Gasteiger partial charge in [-0.25, -0.2) is 0 Å². The molecule has 0 saturated carbocycles. The monoisotopic (exact) mass is 447 g/mol. The van der Waals surface area contributed by atoms with E-state index in [1.807, 2.05) is 44.2 Å². The molecule has 1 unspecified atom stereocenters. The summed E-state index contributed by atoms with van der Waals surface area (Å²) in [6.07, 6.45) is 2.42. The summed E-state index contributed by atoms with van der Waals surface area (Å²) >= 11 is 3.49. The molecule has 1 fully saturated rings. The fourth-order valence-electron chi connectivity index (χ4n) is 2.96. The standard InChI is InChI=1S/C22H26BrNO4/c1-15(2)28-18-8-5-16(6-9-18)13-24-22(25)17-7-10-21(20(23)12-17)27-14-19-4-3-11-26-19/h5-10,12,15,19H,3-4,11,13-14H2,1-2H3,(H,24,25). The topological polar surface area (TPSA) is 56.8 Å². The van der Waals surface area contributed by atoms with Crippen LogP contribution in [0.5, 0.6) is 11.5 Å². The Hall–Kier alpha value is -2.05. The van der Waals surface area contributed by atoms with Crippen LogP contribution in [-0.4, -0.2) is 31.3 Å². The average Bonchev–Trinajstić information content (AvgIpc) is 3.19. The molecule has 0 bridgehead atoms. The van der Waals surface area contributed by atoms with Crippen LogP contribution < -0.4 is 14.8 Å². The van der Waals surface area contributed by atoms with Crippen LogP contribution in [0.4, 0.5) is 0 Å². The predicted octanol–water partition coefficient (Wildman–Crippen LogP) is 4.72. The van der Waals surface area contributed by atoms with Crippen LogP contribution in [-0.2, 0) is 11.3 Å². The van der Waals surface area contributed by atoms with Crippen molar-refractivity contribution < 1.29 is 19.0 Å². The molecule has 0 aromatic heterocycles. The van der Waals surface area contributed by atoms with E-state index in [2.05, 4.69) is 21.2 Å². The summed E-state index contributed by atoms with van der Waals surface area (Å²) < 4.78 is 17.8. The molecule has 0 aliphatic carbocycles. The number of rotatable bonds is 8. The van der Waals surface area contributed by atoms with E-state index in [4.69, 9.17) is 14.2 Å². The number of benzene rings is 2. The zero-order valence-electron chi connectivity index (χ0n) is 16.2. The van der Waals surface area contributed by atoms with Crippen molar-refractivity contribution in [2.24, 2.45) is 0 Å². The number of carbonyl (C=O) groups is 1. The summed E-state index contributed by atoms with van der Waals surface area (Å²) in [6.45, 7) is 5.77. The molecule has 1 heterocycles. The minimum absolute atomic E-state index is 0.131. The van der Waals surface area contributed by atoms with E-state index >= 15 is 0 Å². The van der Waals surface area contributed by atoms with Crippen LogP contribution in [0.2, 0.25) is 0 Å². The van der Waals surface area contributed by atoms with Gasteiger partial charge in [-0.1, -0.05) is 12.1 Å². The van der Waals surface area contributed by atoms with Gasteiger partial charge < -0.3 is 19.5 Å². The molecule has 0 spiro atoms. The number of hydrogen-bond donors (Lipinski definition) is 1. The smallest absolute Gasteiger partial charge is 0.251 e. The Morgan fingerprint density at radius 1 is 1.25 bits per heavy atom. The molecule has 1 aliphatic rings. The zero-order chi connectivity index (χ0) is 19.9. The van der Waals surface area contributed by atoms with Crippen LogP contribution in [0.1, 0.15) is 42.6 Å². The molecule has 0 radical (unpaired) electrons. The lowest BCUT2D eigenvalue weighted by Gasteiger charge is -2.13. The zero-order valence-corrected chi connectivity index (χ0v) is 17.8. The van der Waals surface area contributed by atoms with Crippen molar-refractivity contribution in [3.8, 4) is 11.5 Å². The molecule has 1 saturated heterocycles. The number of amides is 1. The van der Waals surface area contributed by atoms with Crippen molar-refractivity contribution >= 4 is 21.8 Å². The van der Waals surface area contributed by atoms with Gasteiger partial charge in [0.2, 0.25) is 0 Å². The van der Waals surface area contributed by atoms with Gasteiger partial charge in [0.1, 0.15) is 18.1 Å². The van der Waals surface area contributed by atoms with Crippen LogP contribution in [0, 0.1) is 0 Å². The van der Waals surface area contributed by atoms with Crippen molar-refractivity contribution in [1.29, 1.82) is 0 Å². The molecular formula is C22H26BrNO4. The highest BCUT2D eigenvalue weighted by Gasteiger charge is 2.17. The van der Waals surface area contributed by atoms with E-state index in [1.54, 1.807) is 12.1 Å². The van der Waals surface area contributed by atoms with Crippen LogP contribution in [0.25, 0.3) is 0 Å². The highest BCUT2D eigenvalue weighted by molar-refractivity contribution is 9.10. The minimum atomic E-state index is -0.131. The largest absolute Gasteiger partial charge is 0.491 e. The number of nitrogens with one attached hydrogen (secondary N) is 1. The second kappa shape index (κ2) is 9.94. The van der Waals surface area contributed by atoms with E-state index in [0.717, 1.165) is 35.2 Å². The molecule has 1 amide bonds. The third-order valence-corrected chi connectivity index (χ3v) is 5.01. The normalized spacial score (nSPS) is 16.2. The Labute approximate surface area is 174 Å². The first-order valence-corrected chi connectivity index (χ1v) is 10.4. The molecular weight excluding hydrogens is 422 g/mol. The van der Waals surface area contributed by atoms with Gasteiger partial charge in [0.15, 0.2) is 0 Å². The summed E-state index contributed by atoms with van der Waals surface area (Å²) in [6, 6.07) is 13.1. The second-order valence-corrected chi connectivity index (χ2v) is 7.94. The van der Waals surface area contributed by atoms with Crippen LogP contribution in [0.15, 0.2) is 46.9 Å². The highest BCUT2D eigenvalue weighted by atomic mass is 79.9. The maximum atomic E-state index is 12.4. The van der Waals surface area contributed by atoms with E-state index in [1.165, 1.54) is 0 Å². The first-order chi connectivity index (χ1) is 13.5. The van der Waals surface area contributed by atoms with Gasteiger partial charge in [0.05, 0.1) is 16.7 Å². The Kier molecular flexibility index (Phi) is 7.34. The maximum Gasteiger partial charge on any atom is 0.251 e. The number of hydrogen-bond acceptors (Lipinski definition) is 4. The van der Waals surface area contributed by atoms with Crippen LogP contribution in [0.3, 0.4) is 0 Å². The predicted molar refractivity (Wildman–Crippen MR) is 112 cm³/mol. The van der Waals surface area contributed by atoms with Crippen molar-refractivity contribution in [2.45, 2.75) is 45.4 Å². The molecule has 2 aromatic carbocycles. The molecule has 2 aromatic rings. The molecule has 1 N–H and O–H groups in total. The fourth-order valence-corrected chi connectivity index (χ4v) is 3.45. The molecule has 150 valence electrons. The molecule has 3 rings (SSSR count).